The standard InChI is InChI=1S/C12H13BrFN3/c1-3-7-5-9(17-15)10-11(13)8(14)4-6(2)12(10)16-7/h4-5H,3,15H2,1-2H3,(H,16,17). The van der Waals surface area contributed by atoms with E-state index in [2.05, 4.69) is 26.3 Å². The maximum absolute atomic E-state index is 13.7. The lowest BCUT2D eigenvalue weighted by Crippen LogP contribution is -2.09. The van der Waals surface area contributed by atoms with Gasteiger partial charge in [0.2, 0.25) is 0 Å². The van der Waals surface area contributed by atoms with Gasteiger partial charge >= 0.3 is 0 Å². The molecule has 0 aliphatic heterocycles. The predicted molar refractivity (Wildman–Crippen MR) is 71.3 cm³/mol. The number of nitrogens with zero attached hydrogens (tertiary/aromatic N) is 1. The number of halogens is 2. The second-order valence-electron chi connectivity index (χ2n) is 3.87. The lowest BCUT2D eigenvalue weighted by atomic mass is 10.1. The molecule has 0 radical (unpaired) electrons. The highest BCUT2D eigenvalue weighted by Crippen LogP contribution is 2.34. The Morgan fingerprint density at radius 2 is 2.18 bits per heavy atom. The molecule has 0 aliphatic carbocycles. The van der Waals surface area contributed by atoms with Gasteiger partial charge < -0.3 is 5.43 Å². The van der Waals surface area contributed by atoms with E-state index in [1.54, 1.807) is 0 Å². The van der Waals surface area contributed by atoms with E-state index in [4.69, 9.17) is 5.84 Å². The molecule has 0 saturated carbocycles. The van der Waals surface area contributed by atoms with E-state index in [1.165, 1.54) is 6.07 Å². The number of hydrogen-bond donors (Lipinski definition) is 2. The smallest absolute Gasteiger partial charge is 0.138 e. The number of rotatable bonds is 2. The zero-order valence-corrected chi connectivity index (χ0v) is 11.2. The summed E-state index contributed by atoms with van der Waals surface area (Å²) < 4.78 is 14.1. The highest BCUT2D eigenvalue weighted by molar-refractivity contribution is 9.10. The average molecular weight is 298 g/mol. The number of aromatic nitrogens is 1. The van der Waals surface area contributed by atoms with Crippen LogP contribution in [0.1, 0.15) is 18.2 Å². The number of fused-ring (bicyclic) bond motifs is 1. The summed E-state index contributed by atoms with van der Waals surface area (Å²) in [6, 6.07) is 3.31. The van der Waals surface area contributed by atoms with Crippen molar-refractivity contribution in [1.29, 1.82) is 0 Å². The molecule has 1 aromatic heterocycles. The number of hydrazine groups is 1. The van der Waals surface area contributed by atoms with Crippen LogP contribution in [0.2, 0.25) is 0 Å². The highest BCUT2D eigenvalue weighted by atomic mass is 79.9. The van der Waals surface area contributed by atoms with Crippen LogP contribution in [-0.4, -0.2) is 4.98 Å². The van der Waals surface area contributed by atoms with Crippen LogP contribution in [0.4, 0.5) is 10.1 Å². The number of aryl methyl sites for hydroxylation is 2. The third-order valence-electron chi connectivity index (χ3n) is 2.74. The van der Waals surface area contributed by atoms with Crippen LogP contribution >= 0.6 is 15.9 Å². The van der Waals surface area contributed by atoms with Gasteiger partial charge in [-0.2, -0.15) is 0 Å². The minimum atomic E-state index is -0.308. The molecule has 0 unspecified atom stereocenters. The van der Waals surface area contributed by atoms with Crippen molar-refractivity contribution in [3.05, 3.63) is 33.7 Å². The van der Waals surface area contributed by atoms with Gasteiger partial charge in [-0.3, -0.25) is 10.8 Å². The highest BCUT2D eigenvalue weighted by Gasteiger charge is 2.13. The van der Waals surface area contributed by atoms with Gasteiger partial charge in [0.05, 0.1) is 15.7 Å². The van der Waals surface area contributed by atoms with Gasteiger partial charge in [-0.15, -0.1) is 0 Å². The average Bonchev–Trinajstić information content (AvgIpc) is 2.34. The van der Waals surface area contributed by atoms with E-state index in [1.807, 2.05) is 19.9 Å². The Kier molecular flexibility index (Phi) is 3.31. The van der Waals surface area contributed by atoms with Crippen LogP contribution in [-0.2, 0) is 6.42 Å². The van der Waals surface area contributed by atoms with Crippen LogP contribution in [0, 0.1) is 12.7 Å². The third-order valence-corrected chi connectivity index (χ3v) is 3.51. The van der Waals surface area contributed by atoms with Crippen molar-refractivity contribution in [1.82, 2.24) is 4.98 Å². The monoisotopic (exact) mass is 297 g/mol. The largest absolute Gasteiger partial charge is 0.323 e. The molecule has 17 heavy (non-hydrogen) atoms. The van der Waals surface area contributed by atoms with Crippen molar-refractivity contribution in [2.75, 3.05) is 5.43 Å². The van der Waals surface area contributed by atoms with Gasteiger partial charge in [0.25, 0.3) is 0 Å². The number of nitrogen functional groups attached to an aromatic ring is 1. The van der Waals surface area contributed by atoms with E-state index in [9.17, 15) is 4.39 Å². The topological polar surface area (TPSA) is 50.9 Å². The van der Waals surface area contributed by atoms with Crippen molar-refractivity contribution in [2.45, 2.75) is 20.3 Å². The fourth-order valence-corrected chi connectivity index (χ4v) is 2.36. The van der Waals surface area contributed by atoms with Crippen molar-refractivity contribution >= 4 is 32.5 Å². The van der Waals surface area contributed by atoms with Gasteiger partial charge in [0, 0.05) is 11.1 Å². The van der Waals surface area contributed by atoms with E-state index >= 15 is 0 Å². The molecule has 1 heterocycles. The molecule has 2 aromatic rings. The lowest BCUT2D eigenvalue weighted by Gasteiger charge is -2.12. The number of pyridine rings is 1. The van der Waals surface area contributed by atoms with Gasteiger partial charge in [-0.05, 0) is 47.0 Å². The van der Waals surface area contributed by atoms with Crippen LogP contribution in [0.3, 0.4) is 0 Å². The second kappa shape index (κ2) is 4.58. The van der Waals surface area contributed by atoms with E-state index in [0.717, 1.165) is 23.2 Å². The molecule has 3 N–H and O–H groups in total. The van der Waals surface area contributed by atoms with E-state index in [-0.39, 0.29) is 5.82 Å². The molecule has 0 atom stereocenters. The van der Waals surface area contributed by atoms with Gasteiger partial charge in [-0.1, -0.05) is 6.92 Å². The third kappa shape index (κ3) is 2.00. The van der Waals surface area contributed by atoms with Gasteiger partial charge in [0.15, 0.2) is 0 Å². The van der Waals surface area contributed by atoms with Crippen LogP contribution < -0.4 is 11.3 Å². The molecule has 0 saturated heterocycles. The maximum atomic E-state index is 13.7. The first-order chi connectivity index (χ1) is 8.08. The Labute approximate surface area is 107 Å². The summed E-state index contributed by atoms with van der Waals surface area (Å²) in [5.41, 5.74) is 5.78. The first kappa shape index (κ1) is 12.3. The second-order valence-corrected chi connectivity index (χ2v) is 4.66. The molecule has 0 amide bonds. The minimum absolute atomic E-state index is 0.308. The number of nitrogens with two attached hydrogens (primary N) is 1. The van der Waals surface area contributed by atoms with Crippen molar-refractivity contribution in [3.63, 3.8) is 0 Å². The molecule has 0 bridgehead atoms. The van der Waals surface area contributed by atoms with E-state index < -0.39 is 0 Å². The van der Waals surface area contributed by atoms with Crippen LogP contribution in [0.5, 0.6) is 0 Å². The molecule has 1 aromatic carbocycles. The number of benzene rings is 1. The lowest BCUT2D eigenvalue weighted by molar-refractivity contribution is 0.622. The van der Waals surface area contributed by atoms with Crippen LogP contribution in [0.25, 0.3) is 10.9 Å². The number of hydrogen-bond acceptors (Lipinski definition) is 3. The Bertz CT molecular complexity index is 584. The molecular weight excluding hydrogens is 285 g/mol. The van der Waals surface area contributed by atoms with Gasteiger partial charge in [-0.25, -0.2) is 4.39 Å². The molecule has 0 aliphatic rings. The zero-order chi connectivity index (χ0) is 12.6. The van der Waals surface area contributed by atoms with Gasteiger partial charge in [0.1, 0.15) is 5.82 Å². The van der Waals surface area contributed by atoms with E-state index in [0.29, 0.717) is 15.5 Å². The van der Waals surface area contributed by atoms with Crippen molar-refractivity contribution in [2.24, 2.45) is 5.84 Å². The quantitative estimate of drug-likeness (QED) is 0.660. The zero-order valence-electron chi connectivity index (χ0n) is 9.64. The fourth-order valence-electron chi connectivity index (χ4n) is 1.84. The molecule has 3 nitrogen and oxygen atoms in total. The Morgan fingerprint density at radius 3 is 2.76 bits per heavy atom. The summed E-state index contributed by atoms with van der Waals surface area (Å²) >= 11 is 3.24. The Hall–Kier alpha value is -1.20. The summed E-state index contributed by atoms with van der Waals surface area (Å²) in [5.74, 6) is 5.18. The van der Waals surface area contributed by atoms with Crippen molar-refractivity contribution in [3.8, 4) is 0 Å². The Morgan fingerprint density at radius 1 is 1.47 bits per heavy atom. The summed E-state index contributed by atoms with van der Waals surface area (Å²) in [7, 11) is 0. The van der Waals surface area contributed by atoms with Crippen molar-refractivity contribution < 1.29 is 4.39 Å². The number of nitrogens with one attached hydrogen (secondary N) is 1. The molecule has 5 heteroatoms. The molecule has 0 spiro atoms. The SMILES string of the molecule is CCc1cc(NN)c2c(Br)c(F)cc(C)c2n1. The molecule has 90 valence electrons. The first-order valence-corrected chi connectivity index (χ1v) is 6.12. The summed E-state index contributed by atoms with van der Waals surface area (Å²) in [4.78, 5) is 4.51. The summed E-state index contributed by atoms with van der Waals surface area (Å²) in [5, 5.41) is 0.683. The normalized spacial score (nSPS) is 10.9. The fraction of sp³-hybridized carbons (Fsp3) is 0.250. The minimum Gasteiger partial charge on any atom is -0.323 e. The molecule has 2 rings (SSSR count). The molecule has 0 fully saturated rings. The molecular formula is C12H13BrFN3. The number of anilines is 1. The maximum Gasteiger partial charge on any atom is 0.138 e. The predicted octanol–water partition coefficient (Wildman–Crippen LogP) is 3.29. The summed E-state index contributed by atoms with van der Waals surface area (Å²) in [6.45, 7) is 3.85. The summed E-state index contributed by atoms with van der Waals surface area (Å²) in [6.07, 6.45) is 0.805. The Balaban J connectivity index is 2.93. The van der Waals surface area contributed by atoms with Crippen LogP contribution in [0.15, 0.2) is 16.6 Å². The first-order valence-electron chi connectivity index (χ1n) is 5.33.